The molecule has 2 saturated carbocycles. The second kappa shape index (κ2) is 8.24. The van der Waals surface area contributed by atoms with E-state index >= 15 is 0 Å². The minimum absolute atomic E-state index is 0.0497. The summed E-state index contributed by atoms with van der Waals surface area (Å²) < 4.78 is 44.6. The predicted molar refractivity (Wildman–Crippen MR) is 117 cm³/mol. The Labute approximate surface area is 185 Å². The molecule has 0 atom stereocenters. The molecular formula is C23H30F3N5O. The normalized spacial score (nSPS) is 21.7. The maximum atomic E-state index is 14.3. The van der Waals surface area contributed by atoms with Crippen LogP contribution in [-0.2, 0) is 17.6 Å². The third-order valence-electron chi connectivity index (χ3n) is 7.05. The van der Waals surface area contributed by atoms with Crippen molar-refractivity contribution in [3.05, 3.63) is 23.5 Å². The fourth-order valence-electron chi connectivity index (χ4n) is 5.39. The van der Waals surface area contributed by atoms with E-state index in [1.165, 1.54) is 11.1 Å². The minimum Gasteiger partial charge on any atom is -0.381 e. The zero-order valence-corrected chi connectivity index (χ0v) is 18.4. The maximum absolute atomic E-state index is 14.3. The number of nitrogens with zero attached hydrogens (tertiary/aromatic N) is 3. The molecule has 2 fully saturated rings. The van der Waals surface area contributed by atoms with Crippen LogP contribution in [0.2, 0.25) is 0 Å². The lowest BCUT2D eigenvalue weighted by Crippen LogP contribution is -2.32. The first-order chi connectivity index (χ1) is 15.4. The molecule has 1 aliphatic heterocycles. The summed E-state index contributed by atoms with van der Waals surface area (Å²) in [5.41, 5.74) is 2.56. The molecule has 2 aromatic heterocycles. The smallest absolute Gasteiger partial charge is 0.381 e. The molecule has 5 rings (SSSR count). The third-order valence-corrected chi connectivity index (χ3v) is 7.05. The Balaban J connectivity index is 1.70. The lowest BCUT2D eigenvalue weighted by atomic mass is 9.84. The summed E-state index contributed by atoms with van der Waals surface area (Å²) in [7, 11) is 0. The van der Waals surface area contributed by atoms with Crippen molar-refractivity contribution in [3.8, 4) is 0 Å². The molecule has 9 heteroatoms. The van der Waals surface area contributed by atoms with E-state index in [9.17, 15) is 13.2 Å². The second-order valence-electron chi connectivity index (χ2n) is 9.27. The monoisotopic (exact) mass is 449 g/mol. The van der Waals surface area contributed by atoms with Crippen molar-refractivity contribution in [1.29, 1.82) is 0 Å². The minimum atomic E-state index is -4.61. The highest BCUT2D eigenvalue weighted by Crippen LogP contribution is 2.45. The molecule has 3 heterocycles. The lowest BCUT2D eigenvalue weighted by Gasteiger charge is -2.29. The number of alkyl halides is 3. The third kappa shape index (κ3) is 3.84. The highest BCUT2D eigenvalue weighted by Gasteiger charge is 2.43. The Morgan fingerprint density at radius 1 is 1.16 bits per heavy atom. The number of hydroxylamine groups is 1. The van der Waals surface area contributed by atoms with Gasteiger partial charge >= 0.3 is 6.18 Å². The molecule has 174 valence electrons. The quantitative estimate of drug-likeness (QED) is 0.618. The van der Waals surface area contributed by atoms with Crippen molar-refractivity contribution >= 4 is 22.4 Å². The zero-order valence-electron chi connectivity index (χ0n) is 18.4. The number of hydrogen-bond acceptors (Lipinski definition) is 5. The van der Waals surface area contributed by atoms with Crippen LogP contribution in [0.3, 0.4) is 0 Å². The Bertz CT molecular complexity index is 1020. The molecule has 3 aliphatic rings. The summed E-state index contributed by atoms with van der Waals surface area (Å²) in [6.45, 7) is 2.30. The van der Waals surface area contributed by atoms with Crippen LogP contribution in [0, 0.1) is 0 Å². The maximum Gasteiger partial charge on any atom is 0.434 e. The number of halogens is 3. The van der Waals surface area contributed by atoms with E-state index in [1.807, 2.05) is 13.0 Å². The predicted octanol–water partition coefficient (Wildman–Crippen LogP) is 5.79. The number of hydrogen-bond donors (Lipinski definition) is 2. The number of pyridine rings is 1. The molecule has 2 N–H and O–H groups in total. The number of nitrogens with one attached hydrogen (secondary N) is 2. The van der Waals surface area contributed by atoms with Gasteiger partial charge < -0.3 is 5.32 Å². The van der Waals surface area contributed by atoms with E-state index in [2.05, 4.69) is 20.9 Å². The van der Waals surface area contributed by atoms with Gasteiger partial charge in [0.25, 0.3) is 0 Å². The molecule has 0 unspecified atom stereocenters. The average molecular weight is 450 g/mol. The van der Waals surface area contributed by atoms with Crippen molar-refractivity contribution in [2.75, 3.05) is 5.32 Å². The molecule has 2 aliphatic carbocycles. The van der Waals surface area contributed by atoms with Gasteiger partial charge in [0, 0.05) is 12.6 Å². The van der Waals surface area contributed by atoms with Crippen LogP contribution in [0.15, 0.2) is 12.3 Å². The van der Waals surface area contributed by atoms with Gasteiger partial charge in [-0.05, 0) is 38.7 Å². The van der Waals surface area contributed by atoms with E-state index in [4.69, 9.17) is 4.84 Å². The molecular weight excluding hydrogens is 419 g/mol. The highest BCUT2D eigenvalue weighted by atomic mass is 19.4. The first kappa shape index (κ1) is 21.6. The van der Waals surface area contributed by atoms with E-state index in [1.54, 1.807) is 6.20 Å². The van der Waals surface area contributed by atoms with Gasteiger partial charge in [0.05, 0.1) is 28.5 Å². The first-order valence-electron chi connectivity index (χ1n) is 11.8. The van der Waals surface area contributed by atoms with Crippen LogP contribution in [0.4, 0.5) is 18.9 Å². The van der Waals surface area contributed by atoms with Crippen molar-refractivity contribution < 1.29 is 18.0 Å². The molecule has 2 aromatic rings. The number of aromatic nitrogens is 3. The Kier molecular flexibility index (Phi) is 5.55. The van der Waals surface area contributed by atoms with E-state index < -0.39 is 17.5 Å². The summed E-state index contributed by atoms with van der Waals surface area (Å²) in [5, 5.41) is 8.42. The van der Waals surface area contributed by atoms with Gasteiger partial charge in [0.1, 0.15) is 5.60 Å². The van der Waals surface area contributed by atoms with E-state index in [-0.39, 0.29) is 17.3 Å². The number of anilines is 1. The van der Waals surface area contributed by atoms with Crippen LogP contribution in [0.5, 0.6) is 0 Å². The van der Waals surface area contributed by atoms with E-state index in [0.717, 1.165) is 57.8 Å². The number of fused-ring (bicyclic) bond motifs is 1. The largest absolute Gasteiger partial charge is 0.434 e. The fourth-order valence-corrected chi connectivity index (χ4v) is 5.39. The molecule has 1 spiro atoms. The number of aryl methyl sites for hydroxylation is 1. The van der Waals surface area contributed by atoms with Crippen molar-refractivity contribution in [1.82, 2.24) is 20.2 Å². The summed E-state index contributed by atoms with van der Waals surface area (Å²) in [4.78, 5) is 10.0. The van der Waals surface area contributed by atoms with Crippen molar-refractivity contribution in [2.24, 2.45) is 0 Å². The summed E-state index contributed by atoms with van der Waals surface area (Å²) in [6.07, 6.45) is 8.84. The molecule has 32 heavy (non-hydrogen) atoms. The zero-order chi connectivity index (χ0) is 22.3. The molecule has 6 nitrogen and oxygen atoms in total. The highest BCUT2D eigenvalue weighted by molar-refractivity contribution is 5.97. The SMILES string of the molecule is CCn1ncc2c(NC3CCCCC3)c(C3=CC4(CCCCC4)ON3)c(C(F)(F)F)nc21. The second-order valence-corrected chi connectivity index (χ2v) is 9.27. The van der Waals surface area contributed by atoms with Gasteiger partial charge in [-0.1, -0.05) is 38.5 Å². The Hall–Kier alpha value is -2.29. The van der Waals surface area contributed by atoms with Crippen LogP contribution in [0.25, 0.3) is 16.7 Å². The van der Waals surface area contributed by atoms with E-state index in [0.29, 0.717) is 23.3 Å². The Morgan fingerprint density at radius 3 is 2.56 bits per heavy atom. The summed E-state index contributed by atoms with van der Waals surface area (Å²) in [6, 6.07) is 0.130. The van der Waals surface area contributed by atoms with Gasteiger partial charge in [-0.3, -0.25) is 10.3 Å². The van der Waals surface area contributed by atoms with Gasteiger partial charge in [-0.2, -0.15) is 18.3 Å². The van der Waals surface area contributed by atoms with Crippen molar-refractivity contribution in [3.63, 3.8) is 0 Å². The van der Waals surface area contributed by atoms with Crippen LogP contribution < -0.4 is 10.8 Å². The summed E-state index contributed by atoms with van der Waals surface area (Å²) in [5.74, 6) is 0. The lowest BCUT2D eigenvalue weighted by molar-refractivity contribution is -0.141. The molecule has 0 bridgehead atoms. The first-order valence-corrected chi connectivity index (χ1v) is 11.8. The van der Waals surface area contributed by atoms with Crippen LogP contribution in [0.1, 0.15) is 82.4 Å². The standard InChI is InChI=1S/C23H30F3N5O/c1-2-31-21-16(14-27-31)19(28-15-9-5-3-6-10-15)18(20(29-21)23(24,25)26)17-13-22(32-30-17)11-7-4-8-12-22/h13-15,30H,2-12H2,1H3,(H,28,29). The molecule has 0 amide bonds. The van der Waals surface area contributed by atoms with Crippen LogP contribution in [-0.4, -0.2) is 26.4 Å². The van der Waals surface area contributed by atoms with Gasteiger partial charge in [-0.25, -0.2) is 9.67 Å². The van der Waals surface area contributed by atoms with Crippen LogP contribution >= 0.6 is 0 Å². The van der Waals surface area contributed by atoms with Crippen molar-refractivity contribution in [2.45, 2.75) is 95.5 Å². The molecule has 0 aromatic carbocycles. The molecule has 0 saturated heterocycles. The van der Waals surface area contributed by atoms with Gasteiger partial charge in [0.2, 0.25) is 0 Å². The topological polar surface area (TPSA) is 64.0 Å². The number of rotatable bonds is 4. The van der Waals surface area contributed by atoms with Gasteiger partial charge in [-0.15, -0.1) is 0 Å². The fraction of sp³-hybridized carbons (Fsp3) is 0.652. The summed E-state index contributed by atoms with van der Waals surface area (Å²) >= 11 is 0. The average Bonchev–Trinajstić information content (AvgIpc) is 3.38. The van der Waals surface area contributed by atoms with Gasteiger partial charge in [0.15, 0.2) is 11.3 Å². The molecule has 0 radical (unpaired) electrons. The Morgan fingerprint density at radius 2 is 1.88 bits per heavy atom.